The van der Waals surface area contributed by atoms with Gasteiger partial charge in [-0.1, -0.05) is 0 Å². The maximum Gasteiger partial charge on any atom is 0.253 e. The number of nitrogens with zero attached hydrogens (tertiary/aromatic N) is 3. The fraction of sp³-hybridized carbons (Fsp3) is 0.429. The van der Waals surface area contributed by atoms with Crippen molar-refractivity contribution in [2.45, 2.75) is 6.54 Å². The van der Waals surface area contributed by atoms with Crippen molar-refractivity contribution in [3.63, 3.8) is 0 Å². The molecule has 21 heavy (non-hydrogen) atoms. The Balaban J connectivity index is 1.94. The molecule has 6 nitrogen and oxygen atoms in total. The van der Waals surface area contributed by atoms with E-state index in [9.17, 15) is 9.18 Å². The molecule has 0 unspecified atom stereocenters. The van der Waals surface area contributed by atoms with E-state index in [-0.39, 0.29) is 5.91 Å². The van der Waals surface area contributed by atoms with E-state index in [1.807, 2.05) is 4.57 Å². The number of aromatic nitrogens is 2. The van der Waals surface area contributed by atoms with Crippen LogP contribution in [0.5, 0.6) is 0 Å². The fourth-order valence-corrected chi connectivity index (χ4v) is 2.99. The third-order valence-electron chi connectivity index (χ3n) is 3.95. The summed E-state index contributed by atoms with van der Waals surface area (Å²) in [5.41, 5.74) is 1.60. The normalized spacial score (nSPS) is 18.7. The zero-order valence-corrected chi connectivity index (χ0v) is 11.4. The highest BCUT2D eigenvalue weighted by atomic mass is 19.1. The van der Waals surface area contributed by atoms with Crippen molar-refractivity contribution < 1.29 is 13.9 Å². The lowest BCUT2D eigenvalue weighted by molar-refractivity contribution is 0.0956. The Morgan fingerprint density at radius 1 is 1.24 bits per heavy atom. The molecule has 0 bridgehead atoms. The van der Waals surface area contributed by atoms with Gasteiger partial charge in [0, 0.05) is 32.2 Å². The summed E-state index contributed by atoms with van der Waals surface area (Å²) in [6.45, 7) is 3.96. The smallest absolute Gasteiger partial charge is 0.253 e. The number of carbonyl (C=O) groups is 1. The van der Waals surface area contributed by atoms with Crippen LogP contribution in [0.3, 0.4) is 0 Å². The Bertz CT molecular complexity index is 721. The summed E-state index contributed by atoms with van der Waals surface area (Å²) < 4.78 is 21.1. The van der Waals surface area contributed by atoms with E-state index in [4.69, 9.17) is 4.74 Å². The van der Waals surface area contributed by atoms with Crippen LogP contribution in [0, 0.1) is 5.82 Å². The molecule has 7 heteroatoms. The monoisotopic (exact) mass is 290 g/mol. The van der Waals surface area contributed by atoms with Crippen LogP contribution in [0.2, 0.25) is 0 Å². The number of anilines is 1. The first-order valence-electron chi connectivity index (χ1n) is 7.05. The van der Waals surface area contributed by atoms with Gasteiger partial charge in [0.05, 0.1) is 29.8 Å². The number of morpholine rings is 1. The van der Waals surface area contributed by atoms with E-state index in [0.717, 1.165) is 19.0 Å². The molecule has 2 aliphatic heterocycles. The van der Waals surface area contributed by atoms with Crippen LogP contribution >= 0.6 is 0 Å². The molecule has 1 N–H and O–H groups in total. The lowest BCUT2D eigenvalue weighted by Gasteiger charge is -2.28. The number of halogens is 1. The lowest BCUT2D eigenvalue weighted by atomic mass is 10.1. The van der Waals surface area contributed by atoms with Gasteiger partial charge in [0.1, 0.15) is 5.82 Å². The SMILES string of the molecule is O=C1NCCn2c(N3CCOCC3)nc3cc(F)cc1c32. The molecule has 1 aromatic carbocycles. The van der Waals surface area contributed by atoms with Crippen LogP contribution in [-0.4, -0.2) is 48.3 Å². The van der Waals surface area contributed by atoms with Gasteiger partial charge < -0.3 is 19.5 Å². The molecule has 2 aliphatic rings. The van der Waals surface area contributed by atoms with Crippen molar-refractivity contribution >= 4 is 22.9 Å². The zero-order chi connectivity index (χ0) is 14.4. The van der Waals surface area contributed by atoms with Gasteiger partial charge in [-0.25, -0.2) is 9.37 Å². The number of ether oxygens (including phenoxy) is 1. The van der Waals surface area contributed by atoms with Crippen molar-refractivity contribution in [2.75, 3.05) is 37.7 Å². The fourth-order valence-electron chi connectivity index (χ4n) is 2.99. The maximum absolute atomic E-state index is 13.7. The second-order valence-corrected chi connectivity index (χ2v) is 5.24. The van der Waals surface area contributed by atoms with Crippen molar-refractivity contribution in [3.8, 4) is 0 Å². The second-order valence-electron chi connectivity index (χ2n) is 5.24. The van der Waals surface area contributed by atoms with Gasteiger partial charge in [-0.05, 0) is 6.07 Å². The Hall–Kier alpha value is -2.15. The molecular weight excluding hydrogens is 275 g/mol. The third-order valence-corrected chi connectivity index (χ3v) is 3.95. The Morgan fingerprint density at radius 3 is 2.86 bits per heavy atom. The van der Waals surface area contributed by atoms with Crippen molar-refractivity contribution in [2.24, 2.45) is 0 Å². The van der Waals surface area contributed by atoms with E-state index >= 15 is 0 Å². The predicted octanol–water partition coefficient (Wildman–Crippen LogP) is 0.755. The molecule has 0 saturated carbocycles. The highest BCUT2D eigenvalue weighted by Gasteiger charge is 2.25. The standard InChI is InChI=1S/C14H15FN4O2/c15-9-7-10-12-11(8-9)17-14(18-3-5-21-6-4-18)19(12)2-1-16-13(10)20/h7-8H,1-6H2,(H,16,20). The molecule has 1 fully saturated rings. The average molecular weight is 290 g/mol. The summed E-state index contributed by atoms with van der Waals surface area (Å²) in [5.74, 6) is 0.107. The predicted molar refractivity (Wildman–Crippen MR) is 75.1 cm³/mol. The number of imidazole rings is 1. The van der Waals surface area contributed by atoms with E-state index in [2.05, 4.69) is 15.2 Å². The zero-order valence-electron chi connectivity index (χ0n) is 11.4. The van der Waals surface area contributed by atoms with Crippen LogP contribution in [0.1, 0.15) is 10.4 Å². The molecule has 4 rings (SSSR count). The number of hydrogen-bond acceptors (Lipinski definition) is 4. The quantitative estimate of drug-likeness (QED) is 0.842. The van der Waals surface area contributed by atoms with Crippen molar-refractivity contribution in [1.82, 2.24) is 14.9 Å². The van der Waals surface area contributed by atoms with Crippen molar-refractivity contribution in [1.29, 1.82) is 0 Å². The van der Waals surface area contributed by atoms with Gasteiger partial charge in [-0.15, -0.1) is 0 Å². The number of nitrogens with one attached hydrogen (secondary N) is 1. The first-order valence-corrected chi connectivity index (χ1v) is 7.05. The third kappa shape index (κ3) is 1.96. The van der Waals surface area contributed by atoms with Crippen LogP contribution in [0.25, 0.3) is 11.0 Å². The Labute approximate surface area is 120 Å². The van der Waals surface area contributed by atoms with Gasteiger partial charge in [-0.2, -0.15) is 0 Å². The van der Waals surface area contributed by atoms with Gasteiger partial charge in [0.2, 0.25) is 5.95 Å². The largest absolute Gasteiger partial charge is 0.378 e. The molecular formula is C14H15FN4O2. The molecule has 110 valence electrons. The van der Waals surface area contributed by atoms with Gasteiger partial charge in [0.25, 0.3) is 5.91 Å². The summed E-state index contributed by atoms with van der Waals surface area (Å²) in [6, 6.07) is 2.67. The van der Waals surface area contributed by atoms with E-state index < -0.39 is 5.82 Å². The number of hydrogen-bond donors (Lipinski definition) is 1. The van der Waals surface area contributed by atoms with Crippen LogP contribution in [0.4, 0.5) is 10.3 Å². The summed E-state index contributed by atoms with van der Waals surface area (Å²) in [7, 11) is 0. The van der Waals surface area contributed by atoms with E-state index in [1.165, 1.54) is 12.1 Å². The molecule has 0 spiro atoms. The first kappa shape index (κ1) is 12.6. The molecule has 2 aromatic rings. The van der Waals surface area contributed by atoms with Gasteiger partial charge in [0.15, 0.2) is 0 Å². The average Bonchev–Trinajstić information content (AvgIpc) is 2.76. The summed E-state index contributed by atoms with van der Waals surface area (Å²) in [6.07, 6.45) is 0. The highest BCUT2D eigenvalue weighted by molar-refractivity contribution is 6.06. The molecule has 0 atom stereocenters. The molecule has 3 heterocycles. The molecule has 1 amide bonds. The number of amides is 1. The van der Waals surface area contributed by atoms with Crippen LogP contribution in [-0.2, 0) is 11.3 Å². The topological polar surface area (TPSA) is 59.4 Å². The number of carbonyl (C=O) groups excluding carboxylic acids is 1. The molecule has 1 aromatic heterocycles. The summed E-state index contributed by atoms with van der Waals surface area (Å²) in [4.78, 5) is 18.8. The van der Waals surface area contributed by atoms with Crippen LogP contribution < -0.4 is 10.2 Å². The minimum atomic E-state index is -0.437. The minimum Gasteiger partial charge on any atom is -0.378 e. The minimum absolute atomic E-state index is 0.244. The first-order chi connectivity index (χ1) is 10.2. The second kappa shape index (κ2) is 4.70. The van der Waals surface area contributed by atoms with E-state index in [0.29, 0.717) is 42.9 Å². The van der Waals surface area contributed by atoms with E-state index in [1.54, 1.807) is 0 Å². The van der Waals surface area contributed by atoms with Gasteiger partial charge >= 0.3 is 0 Å². The summed E-state index contributed by atoms with van der Waals surface area (Å²) in [5, 5.41) is 2.80. The number of rotatable bonds is 1. The highest BCUT2D eigenvalue weighted by Crippen LogP contribution is 2.28. The van der Waals surface area contributed by atoms with Crippen LogP contribution in [0.15, 0.2) is 12.1 Å². The number of benzene rings is 1. The Morgan fingerprint density at radius 2 is 2.05 bits per heavy atom. The van der Waals surface area contributed by atoms with Crippen molar-refractivity contribution in [3.05, 3.63) is 23.5 Å². The maximum atomic E-state index is 13.7. The Kier molecular flexibility index (Phi) is 2.81. The molecule has 1 saturated heterocycles. The van der Waals surface area contributed by atoms with Gasteiger partial charge in [-0.3, -0.25) is 4.79 Å². The lowest BCUT2D eigenvalue weighted by Crippen LogP contribution is -2.38. The molecule has 0 aliphatic carbocycles. The molecule has 0 radical (unpaired) electrons. The summed E-state index contributed by atoms with van der Waals surface area (Å²) >= 11 is 0.